The smallest absolute Gasteiger partial charge is 0.242 e. The topological polar surface area (TPSA) is 91.6 Å². The number of nitrogens with zero attached hydrogens (tertiary/aromatic N) is 3. The van der Waals surface area contributed by atoms with E-state index in [1.807, 2.05) is 11.8 Å². The van der Waals surface area contributed by atoms with Crippen LogP contribution < -0.4 is 11.1 Å². The molecule has 8 heteroatoms. The van der Waals surface area contributed by atoms with Crippen molar-refractivity contribution in [1.82, 2.24) is 20.1 Å². The molecule has 0 atom stereocenters. The van der Waals surface area contributed by atoms with Crippen LogP contribution in [0.25, 0.3) is 11.3 Å². The molecule has 28 heavy (non-hydrogen) atoms. The molecular formula is C20H27N5O2S. The third-order valence-electron chi connectivity index (χ3n) is 4.92. The van der Waals surface area contributed by atoms with Crippen molar-refractivity contribution in [2.45, 2.75) is 20.3 Å². The Hall–Kier alpha value is -2.45. The fraction of sp³-hybridized carbons (Fsp3) is 0.450. The number of anilines is 1. The normalized spacial score (nSPS) is 14.9. The molecule has 0 bridgehead atoms. The maximum absolute atomic E-state index is 12.0. The number of benzene rings is 1. The highest BCUT2D eigenvalue weighted by Gasteiger charge is 2.20. The lowest BCUT2D eigenvalue weighted by atomic mass is 10.1. The maximum Gasteiger partial charge on any atom is 0.242 e. The molecular weight excluding hydrogens is 374 g/mol. The van der Waals surface area contributed by atoms with Gasteiger partial charge < -0.3 is 16.0 Å². The minimum Gasteiger partial charge on any atom is -0.389 e. The zero-order valence-electron chi connectivity index (χ0n) is 16.4. The SMILES string of the molecule is CC(=O)NCC(=O)N1CCN(CCc2ccc(-c3nc(C)sc3N)cc2)CC1. The van der Waals surface area contributed by atoms with Crippen molar-refractivity contribution < 1.29 is 9.59 Å². The second-order valence-electron chi connectivity index (χ2n) is 7.02. The monoisotopic (exact) mass is 401 g/mol. The van der Waals surface area contributed by atoms with Crippen LogP contribution in [0.5, 0.6) is 0 Å². The highest BCUT2D eigenvalue weighted by Crippen LogP contribution is 2.30. The Morgan fingerprint density at radius 2 is 1.86 bits per heavy atom. The molecule has 0 radical (unpaired) electrons. The summed E-state index contributed by atoms with van der Waals surface area (Å²) in [5, 5.41) is 4.30. The van der Waals surface area contributed by atoms with E-state index in [0.717, 1.165) is 47.3 Å². The first-order chi connectivity index (χ1) is 13.4. The number of nitrogens with two attached hydrogens (primary N) is 1. The second-order valence-corrected chi connectivity index (χ2v) is 8.26. The van der Waals surface area contributed by atoms with Gasteiger partial charge in [0.1, 0.15) is 10.7 Å². The van der Waals surface area contributed by atoms with Crippen molar-refractivity contribution in [3.05, 3.63) is 34.8 Å². The lowest BCUT2D eigenvalue weighted by Gasteiger charge is -2.34. The Morgan fingerprint density at radius 3 is 2.43 bits per heavy atom. The molecule has 150 valence electrons. The van der Waals surface area contributed by atoms with Crippen LogP contribution in [-0.2, 0) is 16.0 Å². The minimum absolute atomic E-state index is 0.0120. The fourth-order valence-corrected chi connectivity index (χ4v) is 4.01. The Morgan fingerprint density at radius 1 is 1.18 bits per heavy atom. The van der Waals surface area contributed by atoms with Crippen LogP contribution in [0.4, 0.5) is 5.00 Å². The van der Waals surface area contributed by atoms with Crippen LogP contribution in [0.1, 0.15) is 17.5 Å². The van der Waals surface area contributed by atoms with Gasteiger partial charge >= 0.3 is 0 Å². The number of piperazine rings is 1. The van der Waals surface area contributed by atoms with E-state index < -0.39 is 0 Å². The van der Waals surface area contributed by atoms with Crippen LogP contribution >= 0.6 is 11.3 Å². The number of amides is 2. The first kappa shape index (κ1) is 20.3. The summed E-state index contributed by atoms with van der Waals surface area (Å²) >= 11 is 1.52. The summed E-state index contributed by atoms with van der Waals surface area (Å²) in [5.74, 6) is -0.187. The first-order valence-corrected chi connectivity index (χ1v) is 10.3. The van der Waals surface area contributed by atoms with Crippen molar-refractivity contribution in [2.24, 2.45) is 0 Å². The van der Waals surface area contributed by atoms with Crippen molar-refractivity contribution in [2.75, 3.05) is 45.0 Å². The summed E-state index contributed by atoms with van der Waals surface area (Å²) in [5.41, 5.74) is 9.23. The van der Waals surface area contributed by atoms with E-state index in [1.165, 1.54) is 23.8 Å². The summed E-state index contributed by atoms with van der Waals surface area (Å²) in [6, 6.07) is 8.44. The maximum atomic E-state index is 12.0. The predicted octanol–water partition coefficient (Wildman–Crippen LogP) is 1.52. The number of carbonyl (C=O) groups excluding carboxylic acids is 2. The third kappa shape index (κ3) is 5.30. The summed E-state index contributed by atoms with van der Waals surface area (Å²) in [6.45, 7) is 7.57. The molecule has 3 N–H and O–H groups in total. The van der Waals surface area contributed by atoms with Gasteiger partial charge in [-0.05, 0) is 18.9 Å². The van der Waals surface area contributed by atoms with Gasteiger partial charge in [-0.3, -0.25) is 14.5 Å². The number of nitrogens with one attached hydrogen (secondary N) is 1. The van der Waals surface area contributed by atoms with Gasteiger partial charge in [0.25, 0.3) is 0 Å². The molecule has 0 saturated carbocycles. The quantitative estimate of drug-likeness (QED) is 0.766. The molecule has 0 aliphatic carbocycles. The molecule has 2 heterocycles. The van der Waals surface area contributed by atoms with Gasteiger partial charge in [-0.25, -0.2) is 4.98 Å². The van der Waals surface area contributed by atoms with E-state index in [0.29, 0.717) is 13.1 Å². The van der Waals surface area contributed by atoms with Crippen LogP contribution in [0.2, 0.25) is 0 Å². The van der Waals surface area contributed by atoms with E-state index in [9.17, 15) is 9.59 Å². The molecule has 2 aromatic rings. The number of hydrogen-bond donors (Lipinski definition) is 2. The Kier molecular flexibility index (Phi) is 6.64. The van der Waals surface area contributed by atoms with E-state index >= 15 is 0 Å². The molecule has 2 amide bonds. The van der Waals surface area contributed by atoms with Gasteiger partial charge in [0.2, 0.25) is 11.8 Å². The largest absolute Gasteiger partial charge is 0.389 e. The van der Waals surface area contributed by atoms with Crippen LogP contribution in [0.15, 0.2) is 24.3 Å². The van der Waals surface area contributed by atoms with Gasteiger partial charge in [0, 0.05) is 45.2 Å². The van der Waals surface area contributed by atoms with Gasteiger partial charge in [0.15, 0.2) is 0 Å². The molecule has 1 aromatic carbocycles. The highest BCUT2D eigenvalue weighted by molar-refractivity contribution is 7.16. The van der Waals surface area contributed by atoms with Crippen molar-refractivity contribution in [1.29, 1.82) is 0 Å². The molecule has 0 unspecified atom stereocenters. The molecule has 1 fully saturated rings. The molecule has 1 aliphatic heterocycles. The van der Waals surface area contributed by atoms with Gasteiger partial charge in [-0.1, -0.05) is 24.3 Å². The van der Waals surface area contributed by atoms with Crippen LogP contribution in [0, 0.1) is 6.92 Å². The Bertz CT molecular complexity index is 826. The molecule has 0 spiro atoms. The lowest BCUT2D eigenvalue weighted by Crippen LogP contribution is -2.51. The number of carbonyl (C=O) groups is 2. The molecule has 1 aromatic heterocycles. The summed E-state index contributed by atoms with van der Waals surface area (Å²) < 4.78 is 0. The summed E-state index contributed by atoms with van der Waals surface area (Å²) in [4.78, 5) is 31.7. The molecule has 1 saturated heterocycles. The number of hydrogen-bond acceptors (Lipinski definition) is 6. The van der Waals surface area contributed by atoms with Gasteiger partial charge in [-0.2, -0.15) is 0 Å². The van der Waals surface area contributed by atoms with Crippen molar-refractivity contribution in [3.8, 4) is 11.3 Å². The van der Waals surface area contributed by atoms with E-state index in [1.54, 1.807) is 0 Å². The number of aromatic nitrogens is 1. The Balaban J connectivity index is 1.45. The highest BCUT2D eigenvalue weighted by atomic mass is 32.1. The predicted molar refractivity (Wildman–Crippen MR) is 112 cm³/mol. The zero-order valence-corrected chi connectivity index (χ0v) is 17.2. The molecule has 7 nitrogen and oxygen atoms in total. The Labute approximate surface area is 169 Å². The van der Waals surface area contributed by atoms with Crippen LogP contribution in [0.3, 0.4) is 0 Å². The fourth-order valence-electron chi connectivity index (χ4n) is 3.30. The molecule has 3 rings (SSSR count). The number of thiazole rings is 1. The third-order valence-corrected chi connectivity index (χ3v) is 5.72. The minimum atomic E-state index is -0.175. The van der Waals surface area contributed by atoms with Crippen LogP contribution in [-0.4, -0.2) is 65.9 Å². The first-order valence-electron chi connectivity index (χ1n) is 9.49. The average Bonchev–Trinajstić information content (AvgIpc) is 3.03. The van der Waals surface area contributed by atoms with Crippen molar-refractivity contribution >= 4 is 28.2 Å². The average molecular weight is 402 g/mol. The van der Waals surface area contributed by atoms with E-state index in [-0.39, 0.29) is 18.4 Å². The number of aryl methyl sites for hydroxylation is 1. The summed E-state index contributed by atoms with van der Waals surface area (Å²) in [7, 11) is 0. The standard InChI is InChI=1S/C20H27N5O2S/c1-14(26)22-13-18(27)25-11-9-24(10-12-25)8-7-16-3-5-17(6-4-16)19-20(21)28-15(2)23-19/h3-6H,7-13,21H2,1-2H3,(H,22,26). The zero-order chi connectivity index (χ0) is 20.1. The summed E-state index contributed by atoms with van der Waals surface area (Å²) in [6.07, 6.45) is 0.964. The lowest BCUT2D eigenvalue weighted by molar-refractivity contribution is -0.134. The van der Waals surface area contributed by atoms with Gasteiger partial charge in [0.05, 0.1) is 11.6 Å². The molecule has 1 aliphatic rings. The van der Waals surface area contributed by atoms with E-state index in [2.05, 4.69) is 39.5 Å². The van der Waals surface area contributed by atoms with Gasteiger partial charge in [-0.15, -0.1) is 11.3 Å². The van der Waals surface area contributed by atoms with Crippen molar-refractivity contribution in [3.63, 3.8) is 0 Å². The van der Waals surface area contributed by atoms with E-state index in [4.69, 9.17) is 5.73 Å². The second kappa shape index (κ2) is 9.16. The number of nitrogen functional groups attached to an aromatic ring is 1. The number of rotatable bonds is 6.